The van der Waals surface area contributed by atoms with E-state index in [1.165, 1.54) is 6.33 Å². The normalized spacial score (nSPS) is 9.93. The summed E-state index contributed by atoms with van der Waals surface area (Å²) < 4.78 is 0. The molecular weight excluding hydrogens is 178 g/mol. The van der Waals surface area contributed by atoms with Crippen molar-refractivity contribution in [3.63, 3.8) is 0 Å². The topological polar surface area (TPSA) is 66.5 Å². The second-order valence-electron chi connectivity index (χ2n) is 2.70. The number of rotatable bonds is 3. The third-order valence-corrected chi connectivity index (χ3v) is 1.78. The molecule has 2 heterocycles. The van der Waals surface area contributed by atoms with E-state index in [4.69, 9.17) is 6.42 Å². The molecule has 2 N–H and O–H groups in total. The highest BCUT2D eigenvalue weighted by atomic mass is 15.1. The van der Waals surface area contributed by atoms with Crippen molar-refractivity contribution in [2.45, 2.75) is 6.42 Å². The first-order valence-corrected chi connectivity index (χ1v) is 4.23. The molecule has 0 aliphatic rings. The van der Waals surface area contributed by atoms with Gasteiger partial charge in [-0.3, -0.25) is 0 Å². The maximum Gasteiger partial charge on any atom is 0.182 e. The lowest BCUT2D eigenvalue weighted by atomic mass is 10.4. The van der Waals surface area contributed by atoms with E-state index in [-0.39, 0.29) is 0 Å². The van der Waals surface area contributed by atoms with Crippen LogP contribution in [-0.4, -0.2) is 26.5 Å². The summed E-state index contributed by atoms with van der Waals surface area (Å²) in [7, 11) is 0. The van der Waals surface area contributed by atoms with E-state index in [9.17, 15) is 0 Å². The zero-order valence-electron chi connectivity index (χ0n) is 7.49. The Morgan fingerprint density at radius 2 is 2.36 bits per heavy atom. The summed E-state index contributed by atoms with van der Waals surface area (Å²) in [5, 5.41) is 3.11. The quantitative estimate of drug-likeness (QED) is 0.550. The fourth-order valence-electron chi connectivity index (χ4n) is 1.15. The molecule has 70 valence electrons. The van der Waals surface area contributed by atoms with Crippen molar-refractivity contribution in [3.8, 4) is 12.3 Å². The fraction of sp³-hybridized carbons (Fsp3) is 0.222. The van der Waals surface area contributed by atoms with Gasteiger partial charge in [-0.1, -0.05) is 0 Å². The molecule has 2 aromatic rings. The molecule has 0 saturated carbocycles. The largest absolute Gasteiger partial charge is 0.367 e. The number of aromatic amines is 1. The minimum atomic E-state index is 0.656. The number of hydrogen-bond acceptors (Lipinski definition) is 4. The molecule has 5 nitrogen and oxygen atoms in total. The molecule has 0 radical (unpaired) electrons. The minimum Gasteiger partial charge on any atom is -0.367 e. The Morgan fingerprint density at radius 3 is 3.21 bits per heavy atom. The zero-order chi connectivity index (χ0) is 9.80. The van der Waals surface area contributed by atoms with Crippen LogP contribution < -0.4 is 5.32 Å². The summed E-state index contributed by atoms with van der Waals surface area (Å²) in [5.41, 5.74) is 1.47. The smallest absolute Gasteiger partial charge is 0.182 e. The van der Waals surface area contributed by atoms with Crippen molar-refractivity contribution in [1.29, 1.82) is 0 Å². The van der Waals surface area contributed by atoms with Crippen molar-refractivity contribution in [2.75, 3.05) is 11.9 Å². The third kappa shape index (κ3) is 1.50. The van der Waals surface area contributed by atoms with Gasteiger partial charge in [-0.2, -0.15) is 0 Å². The first-order chi connectivity index (χ1) is 6.92. The van der Waals surface area contributed by atoms with Crippen LogP contribution in [0, 0.1) is 12.3 Å². The average Bonchev–Trinajstić information content (AvgIpc) is 2.67. The van der Waals surface area contributed by atoms with Crippen molar-refractivity contribution in [1.82, 2.24) is 19.9 Å². The van der Waals surface area contributed by atoms with Gasteiger partial charge < -0.3 is 10.3 Å². The average molecular weight is 187 g/mol. The van der Waals surface area contributed by atoms with Crippen molar-refractivity contribution in [3.05, 3.63) is 12.7 Å². The maximum absolute atomic E-state index is 5.14. The summed E-state index contributed by atoms with van der Waals surface area (Å²) in [6, 6.07) is 0. The van der Waals surface area contributed by atoms with Crippen LogP contribution in [0.25, 0.3) is 11.2 Å². The van der Waals surface area contributed by atoms with E-state index >= 15 is 0 Å². The van der Waals surface area contributed by atoms with Gasteiger partial charge in [0.1, 0.15) is 11.8 Å². The molecule has 14 heavy (non-hydrogen) atoms. The molecule has 0 amide bonds. The number of terminal acetylenes is 1. The van der Waals surface area contributed by atoms with Gasteiger partial charge in [-0.25, -0.2) is 15.0 Å². The highest BCUT2D eigenvalue weighted by molar-refractivity contribution is 5.81. The van der Waals surface area contributed by atoms with Crippen molar-refractivity contribution >= 4 is 17.0 Å². The van der Waals surface area contributed by atoms with Gasteiger partial charge in [0.05, 0.1) is 6.33 Å². The molecular formula is C9H9N5. The predicted molar refractivity (Wildman–Crippen MR) is 53.6 cm³/mol. The van der Waals surface area contributed by atoms with Gasteiger partial charge in [0.2, 0.25) is 0 Å². The lowest BCUT2D eigenvalue weighted by Crippen LogP contribution is -2.03. The SMILES string of the molecule is C#CCCNc1ncnc2nc[nH]c12. The molecule has 5 heteroatoms. The summed E-state index contributed by atoms with van der Waals surface area (Å²) in [6.07, 6.45) is 8.87. The molecule has 0 aliphatic heterocycles. The molecule has 2 aromatic heterocycles. The zero-order valence-corrected chi connectivity index (χ0v) is 7.49. The van der Waals surface area contributed by atoms with Gasteiger partial charge in [-0.15, -0.1) is 12.3 Å². The molecule has 0 atom stereocenters. The lowest BCUT2D eigenvalue weighted by Gasteiger charge is -2.02. The van der Waals surface area contributed by atoms with Crippen LogP contribution in [0.3, 0.4) is 0 Å². The summed E-state index contributed by atoms with van der Waals surface area (Å²) in [5.74, 6) is 3.29. The van der Waals surface area contributed by atoms with Gasteiger partial charge in [0.25, 0.3) is 0 Å². The fourth-order valence-corrected chi connectivity index (χ4v) is 1.15. The number of nitrogens with one attached hydrogen (secondary N) is 2. The van der Waals surface area contributed by atoms with E-state index in [0.717, 1.165) is 11.3 Å². The van der Waals surface area contributed by atoms with E-state index in [1.807, 2.05) is 0 Å². The van der Waals surface area contributed by atoms with Crippen LogP contribution in [0.1, 0.15) is 6.42 Å². The van der Waals surface area contributed by atoms with E-state index in [0.29, 0.717) is 18.6 Å². The summed E-state index contributed by atoms with van der Waals surface area (Å²) in [4.78, 5) is 15.1. The number of fused-ring (bicyclic) bond motifs is 1. The molecule has 0 aromatic carbocycles. The Labute approximate surface area is 81.0 Å². The van der Waals surface area contributed by atoms with Gasteiger partial charge in [0.15, 0.2) is 11.5 Å². The molecule has 0 aliphatic carbocycles. The molecule has 0 unspecified atom stereocenters. The van der Waals surface area contributed by atoms with Crippen LogP contribution in [-0.2, 0) is 0 Å². The van der Waals surface area contributed by atoms with E-state index in [1.54, 1.807) is 6.33 Å². The number of hydrogen-bond donors (Lipinski definition) is 2. The number of H-pyrrole nitrogens is 1. The second-order valence-corrected chi connectivity index (χ2v) is 2.70. The second kappa shape index (κ2) is 3.75. The first-order valence-electron chi connectivity index (χ1n) is 4.23. The minimum absolute atomic E-state index is 0.656. The lowest BCUT2D eigenvalue weighted by molar-refractivity contribution is 1.07. The van der Waals surface area contributed by atoms with Crippen molar-refractivity contribution in [2.24, 2.45) is 0 Å². The third-order valence-electron chi connectivity index (χ3n) is 1.78. The molecule has 0 bridgehead atoms. The Hall–Kier alpha value is -2.09. The van der Waals surface area contributed by atoms with Crippen LogP contribution in [0.4, 0.5) is 5.82 Å². The standard InChI is InChI=1S/C9H9N5/c1-2-3-4-10-8-7-9(12-5-11-7)14-6-13-8/h1,5-6H,3-4H2,(H2,10,11,12,13,14). The number of nitrogens with zero attached hydrogens (tertiary/aromatic N) is 3. The summed E-state index contributed by atoms with van der Waals surface area (Å²) in [6.45, 7) is 0.696. The number of anilines is 1. The highest BCUT2D eigenvalue weighted by Gasteiger charge is 2.03. The Morgan fingerprint density at radius 1 is 1.43 bits per heavy atom. The van der Waals surface area contributed by atoms with E-state index in [2.05, 4.69) is 31.2 Å². The van der Waals surface area contributed by atoms with Crippen LogP contribution >= 0.6 is 0 Å². The van der Waals surface area contributed by atoms with Gasteiger partial charge in [-0.05, 0) is 0 Å². The van der Waals surface area contributed by atoms with Crippen LogP contribution in [0.2, 0.25) is 0 Å². The maximum atomic E-state index is 5.14. The van der Waals surface area contributed by atoms with Gasteiger partial charge >= 0.3 is 0 Å². The Balaban J connectivity index is 2.24. The number of aromatic nitrogens is 4. The predicted octanol–water partition coefficient (Wildman–Crippen LogP) is 0.788. The van der Waals surface area contributed by atoms with Crippen LogP contribution in [0.5, 0.6) is 0 Å². The highest BCUT2D eigenvalue weighted by Crippen LogP contribution is 2.13. The van der Waals surface area contributed by atoms with Crippen molar-refractivity contribution < 1.29 is 0 Å². The van der Waals surface area contributed by atoms with Crippen LogP contribution in [0.15, 0.2) is 12.7 Å². The Kier molecular flexibility index (Phi) is 2.28. The Bertz CT molecular complexity index is 467. The first kappa shape index (κ1) is 8.51. The molecule has 0 saturated heterocycles. The number of imidazole rings is 1. The molecule has 0 fully saturated rings. The molecule has 0 spiro atoms. The summed E-state index contributed by atoms with van der Waals surface area (Å²) >= 11 is 0. The molecule has 2 rings (SSSR count). The monoisotopic (exact) mass is 187 g/mol. The van der Waals surface area contributed by atoms with E-state index < -0.39 is 0 Å². The van der Waals surface area contributed by atoms with Gasteiger partial charge in [0, 0.05) is 13.0 Å².